The molecule has 0 unspecified atom stereocenters. The molecule has 2 aliphatic heterocycles. The molecular weight excluding hydrogens is 260 g/mol. The van der Waals surface area contributed by atoms with Crippen molar-refractivity contribution in [2.45, 2.75) is 25.3 Å². The minimum atomic E-state index is -0.786. The van der Waals surface area contributed by atoms with Crippen LogP contribution in [0.5, 0.6) is 0 Å². The van der Waals surface area contributed by atoms with E-state index >= 15 is 0 Å². The van der Waals surface area contributed by atoms with Crippen LogP contribution in [0.4, 0.5) is 4.79 Å². The van der Waals surface area contributed by atoms with Crippen LogP contribution in [0.1, 0.15) is 19.8 Å². The fraction of sp³-hybridized carbons (Fsp3) is 0.846. The first-order valence-corrected chi connectivity index (χ1v) is 7.25. The number of piperazine rings is 1. The quantitative estimate of drug-likeness (QED) is 0.706. The van der Waals surface area contributed by atoms with E-state index in [1.54, 1.807) is 9.80 Å². The number of nitrogens with two attached hydrogens (primary N) is 1. The minimum Gasteiger partial charge on any atom is -0.381 e. The molecule has 7 nitrogen and oxygen atoms in total. The van der Waals surface area contributed by atoms with Crippen molar-refractivity contribution in [1.29, 1.82) is 0 Å². The Kier molecular flexibility index (Phi) is 4.82. The molecule has 0 radical (unpaired) electrons. The molecule has 0 atom stereocenters. The predicted octanol–water partition coefficient (Wildman–Crippen LogP) is -0.632. The molecule has 114 valence electrons. The summed E-state index contributed by atoms with van der Waals surface area (Å²) in [7, 11) is 0. The number of hydrogen-bond acceptors (Lipinski definition) is 4. The van der Waals surface area contributed by atoms with Gasteiger partial charge in [-0.1, -0.05) is 0 Å². The van der Waals surface area contributed by atoms with Gasteiger partial charge >= 0.3 is 6.03 Å². The van der Waals surface area contributed by atoms with Crippen LogP contribution < -0.4 is 11.1 Å². The lowest BCUT2D eigenvalue weighted by atomic mass is 9.89. The Balaban J connectivity index is 1.87. The summed E-state index contributed by atoms with van der Waals surface area (Å²) in [6, 6.07) is -0.0619. The van der Waals surface area contributed by atoms with Gasteiger partial charge in [-0.05, 0) is 19.8 Å². The lowest BCUT2D eigenvalue weighted by molar-refractivity contribution is -0.142. The average molecular weight is 284 g/mol. The number of ether oxygens (including phenoxy) is 1. The highest BCUT2D eigenvalue weighted by Crippen LogP contribution is 2.21. The number of carbonyl (C=O) groups excluding carboxylic acids is 2. The molecule has 20 heavy (non-hydrogen) atoms. The number of rotatable bonds is 2. The van der Waals surface area contributed by atoms with Crippen LogP contribution in [0.2, 0.25) is 0 Å². The van der Waals surface area contributed by atoms with Gasteiger partial charge < -0.3 is 25.6 Å². The molecule has 0 saturated carbocycles. The molecule has 7 heteroatoms. The fourth-order valence-electron chi connectivity index (χ4n) is 2.64. The zero-order chi connectivity index (χ0) is 14.6. The minimum absolute atomic E-state index is 0.00338. The molecule has 2 saturated heterocycles. The van der Waals surface area contributed by atoms with Crippen LogP contribution >= 0.6 is 0 Å². The molecule has 0 spiro atoms. The van der Waals surface area contributed by atoms with Gasteiger partial charge in [0.1, 0.15) is 0 Å². The topological polar surface area (TPSA) is 87.9 Å². The second-order valence-corrected chi connectivity index (χ2v) is 5.38. The Morgan fingerprint density at radius 1 is 1.15 bits per heavy atom. The van der Waals surface area contributed by atoms with Crippen molar-refractivity contribution < 1.29 is 14.3 Å². The third-order valence-electron chi connectivity index (χ3n) is 3.99. The Morgan fingerprint density at radius 3 is 2.25 bits per heavy atom. The normalized spacial score (nSPS) is 22.5. The van der Waals surface area contributed by atoms with Crippen LogP contribution in [-0.4, -0.2) is 73.2 Å². The fourth-order valence-corrected chi connectivity index (χ4v) is 2.64. The number of urea groups is 1. The van der Waals surface area contributed by atoms with Gasteiger partial charge in [-0.2, -0.15) is 0 Å². The standard InChI is InChI=1S/C13H24N4O3/c1-2-15-12(19)17-7-5-16(6-8-17)11(18)13(14)3-9-20-10-4-13/h2-10,14H2,1H3,(H,15,19). The summed E-state index contributed by atoms with van der Waals surface area (Å²) in [5.41, 5.74) is 5.43. The van der Waals surface area contributed by atoms with E-state index in [-0.39, 0.29) is 11.9 Å². The van der Waals surface area contributed by atoms with E-state index in [4.69, 9.17) is 10.5 Å². The van der Waals surface area contributed by atoms with Crippen molar-refractivity contribution in [3.63, 3.8) is 0 Å². The van der Waals surface area contributed by atoms with Crippen molar-refractivity contribution in [2.75, 3.05) is 45.9 Å². The highest BCUT2D eigenvalue weighted by molar-refractivity contribution is 5.86. The summed E-state index contributed by atoms with van der Waals surface area (Å²) in [5.74, 6) is -0.00338. The number of carbonyl (C=O) groups is 2. The maximum atomic E-state index is 12.5. The number of hydrogen-bond donors (Lipinski definition) is 2. The van der Waals surface area contributed by atoms with E-state index in [0.717, 1.165) is 0 Å². The zero-order valence-electron chi connectivity index (χ0n) is 12.1. The largest absolute Gasteiger partial charge is 0.381 e. The summed E-state index contributed by atoms with van der Waals surface area (Å²) in [6.07, 6.45) is 1.14. The molecular formula is C13H24N4O3. The Morgan fingerprint density at radius 2 is 1.70 bits per heavy atom. The Hall–Kier alpha value is -1.34. The first-order valence-electron chi connectivity index (χ1n) is 7.25. The smallest absolute Gasteiger partial charge is 0.317 e. The molecule has 0 bridgehead atoms. The second kappa shape index (κ2) is 6.41. The van der Waals surface area contributed by atoms with E-state index < -0.39 is 5.54 Å². The molecule has 2 aliphatic rings. The van der Waals surface area contributed by atoms with Crippen LogP contribution in [0, 0.1) is 0 Å². The van der Waals surface area contributed by atoms with Crippen molar-refractivity contribution in [3.8, 4) is 0 Å². The molecule has 2 heterocycles. The number of amides is 3. The van der Waals surface area contributed by atoms with E-state index in [1.165, 1.54) is 0 Å². The lowest BCUT2D eigenvalue weighted by Crippen LogP contribution is -2.62. The van der Waals surface area contributed by atoms with E-state index in [1.807, 2.05) is 6.92 Å². The second-order valence-electron chi connectivity index (χ2n) is 5.38. The molecule has 0 aromatic rings. The van der Waals surface area contributed by atoms with E-state index in [0.29, 0.717) is 58.8 Å². The number of nitrogens with one attached hydrogen (secondary N) is 1. The maximum Gasteiger partial charge on any atom is 0.317 e. The Labute approximate surface area is 119 Å². The molecule has 0 aromatic carbocycles. The first-order chi connectivity index (χ1) is 9.57. The third kappa shape index (κ3) is 3.21. The summed E-state index contributed by atoms with van der Waals surface area (Å²) in [5, 5.41) is 2.77. The highest BCUT2D eigenvalue weighted by atomic mass is 16.5. The molecule has 0 aromatic heterocycles. The highest BCUT2D eigenvalue weighted by Gasteiger charge is 2.39. The molecule has 2 fully saturated rings. The van der Waals surface area contributed by atoms with Crippen LogP contribution in [0.25, 0.3) is 0 Å². The first kappa shape index (κ1) is 15.1. The summed E-state index contributed by atoms with van der Waals surface area (Å²) in [4.78, 5) is 27.7. The van der Waals surface area contributed by atoms with Crippen molar-refractivity contribution in [1.82, 2.24) is 15.1 Å². The molecule has 2 rings (SSSR count). The van der Waals surface area contributed by atoms with Gasteiger partial charge in [0.2, 0.25) is 5.91 Å². The zero-order valence-corrected chi connectivity index (χ0v) is 12.1. The van der Waals surface area contributed by atoms with Crippen LogP contribution in [0.15, 0.2) is 0 Å². The van der Waals surface area contributed by atoms with Gasteiger partial charge in [0.15, 0.2) is 0 Å². The predicted molar refractivity (Wildman–Crippen MR) is 74.2 cm³/mol. The van der Waals surface area contributed by atoms with Gasteiger partial charge in [-0.3, -0.25) is 4.79 Å². The Bertz CT molecular complexity index is 361. The molecule has 3 N–H and O–H groups in total. The van der Waals surface area contributed by atoms with E-state index in [9.17, 15) is 9.59 Å². The van der Waals surface area contributed by atoms with Crippen molar-refractivity contribution >= 4 is 11.9 Å². The lowest BCUT2D eigenvalue weighted by Gasteiger charge is -2.40. The van der Waals surface area contributed by atoms with E-state index in [2.05, 4.69) is 5.32 Å². The van der Waals surface area contributed by atoms with Crippen molar-refractivity contribution in [2.24, 2.45) is 5.73 Å². The maximum absolute atomic E-state index is 12.5. The SMILES string of the molecule is CCNC(=O)N1CCN(C(=O)C2(N)CCOCC2)CC1. The molecule has 3 amide bonds. The average Bonchev–Trinajstić information content (AvgIpc) is 2.48. The summed E-state index contributed by atoms with van der Waals surface area (Å²) < 4.78 is 5.27. The van der Waals surface area contributed by atoms with Gasteiger partial charge in [-0.15, -0.1) is 0 Å². The van der Waals surface area contributed by atoms with Gasteiger partial charge in [0, 0.05) is 45.9 Å². The third-order valence-corrected chi connectivity index (χ3v) is 3.99. The molecule has 0 aliphatic carbocycles. The monoisotopic (exact) mass is 284 g/mol. The van der Waals surface area contributed by atoms with Gasteiger partial charge in [-0.25, -0.2) is 4.79 Å². The summed E-state index contributed by atoms with van der Waals surface area (Å²) >= 11 is 0. The van der Waals surface area contributed by atoms with Gasteiger partial charge in [0.25, 0.3) is 0 Å². The van der Waals surface area contributed by atoms with Crippen LogP contribution in [-0.2, 0) is 9.53 Å². The van der Waals surface area contributed by atoms with Crippen LogP contribution in [0.3, 0.4) is 0 Å². The number of nitrogens with zero attached hydrogens (tertiary/aromatic N) is 2. The summed E-state index contributed by atoms with van der Waals surface area (Å²) in [6.45, 7) is 5.81. The van der Waals surface area contributed by atoms with Gasteiger partial charge in [0.05, 0.1) is 5.54 Å². The van der Waals surface area contributed by atoms with Crippen molar-refractivity contribution in [3.05, 3.63) is 0 Å².